The highest BCUT2D eigenvalue weighted by Gasteiger charge is 2.31. The number of fused-ring (bicyclic) bond motifs is 1. The molecule has 2 aromatic rings. The van der Waals surface area contributed by atoms with Crippen molar-refractivity contribution in [2.45, 2.75) is 19.4 Å². The molecule has 1 amide bonds. The number of carbonyl (C=O) groups is 1. The van der Waals surface area contributed by atoms with E-state index in [9.17, 15) is 4.79 Å². The van der Waals surface area contributed by atoms with Crippen molar-refractivity contribution in [2.24, 2.45) is 0 Å². The first-order valence-corrected chi connectivity index (χ1v) is 6.50. The lowest BCUT2D eigenvalue weighted by Crippen LogP contribution is -2.36. The predicted molar refractivity (Wildman–Crippen MR) is 75.0 cm³/mol. The van der Waals surface area contributed by atoms with Gasteiger partial charge in [0, 0.05) is 17.8 Å². The lowest BCUT2D eigenvalue weighted by atomic mass is 10.1. The van der Waals surface area contributed by atoms with Gasteiger partial charge in [-0.25, -0.2) is 0 Å². The highest BCUT2D eigenvalue weighted by atomic mass is 16.5. The van der Waals surface area contributed by atoms with Crippen molar-refractivity contribution in [2.75, 3.05) is 12.0 Å². The lowest BCUT2D eigenvalue weighted by molar-refractivity contribution is 0.0975. The zero-order chi connectivity index (χ0) is 14.1. The molecule has 3 rings (SSSR count). The van der Waals surface area contributed by atoms with Crippen molar-refractivity contribution in [1.29, 1.82) is 0 Å². The summed E-state index contributed by atoms with van der Waals surface area (Å²) in [6.07, 6.45) is 0.867. The number of para-hydroxylation sites is 1. The van der Waals surface area contributed by atoms with Gasteiger partial charge in [-0.05, 0) is 31.0 Å². The van der Waals surface area contributed by atoms with E-state index in [4.69, 9.17) is 4.74 Å². The Kier molecular flexibility index (Phi) is 3.10. The monoisotopic (exact) mass is 269 g/mol. The maximum atomic E-state index is 12.6. The molecule has 0 N–H and O–H groups in total. The van der Waals surface area contributed by atoms with Crippen LogP contribution in [-0.2, 0) is 6.42 Å². The molecular formula is C15H15N3O2. The number of carbonyl (C=O) groups excluding carboxylic acids is 1. The summed E-state index contributed by atoms with van der Waals surface area (Å²) in [6.45, 7) is 2.04. The Morgan fingerprint density at radius 1 is 1.25 bits per heavy atom. The fraction of sp³-hybridized carbons (Fsp3) is 0.267. The highest BCUT2D eigenvalue weighted by Crippen LogP contribution is 2.32. The third-order valence-electron chi connectivity index (χ3n) is 3.49. The molecule has 1 aromatic carbocycles. The Morgan fingerprint density at radius 2 is 2.05 bits per heavy atom. The Hall–Kier alpha value is -2.43. The third kappa shape index (κ3) is 2.01. The van der Waals surface area contributed by atoms with E-state index in [1.54, 1.807) is 17.0 Å². The fourth-order valence-electron chi connectivity index (χ4n) is 2.54. The molecule has 0 saturated carbocycles. The molecule has 0 fully saturated rings. The molecule has 5 nitrogen and oxygen atoms in total. The molecule has 5 heteroatoms. The molecule has 1 unspecified atom stereocenters. The van der Waals surface area contributed by atoms with Crippen LogP contribution >= 0.6 is 0 Å². The summed E-state index contributed by atoms with van der Waals surface area (Å²) in [5.74, 6) is 0.272. The summed E-state index contributed by atoms with van der Waals surface area (Å²) in [5.41, 5.74) is 2.48. The van der Waals surface area contributed by atoms with Gasteiger partial charge in [0.25, 0.3) is 5.91 Å². The standard InChI is InChI=1S/C15H15N3O2/c1-10-9-11-5-3-4-6-13(11)18(10)15(19)12-7-8-14(20-2)17-16-12/h3-8,10H,9H2,1-2H3. The number of hydrogen-bond donors (Lipinski definition) is 0. The Bertz CT molecular complexity index is 640. The topological polar surface area (TPSA) is 55.3 Å². The number of amides is 1. The van der Waals surface area contributed by atoms with Gasteiger partial charge in [-0.2, -0.15) is 0 Å². The molecular weight excluding hydrogens is 254 g/mol. The minimum atomic E-state index is -0.127. The Morgan fingerprint density at radius 3 is 2.75 bits per heavy atom. The average molecular weight is 269 g/mol. The second-order valence-electron chi connectivity index (χ2n) is 4.82. The normalized spacial score (nSPS) is 16.9. The molecule has 1 aliphatic heterocycles. The summed E-state index contributed by atoms with van der Waals surface area (Å²) in [6, 6.07) is 11.4. The minimum absolute atomic E-state index is 0.127. The van der Waals surface area contributed by atoms with Crippen LogP contribution in [0.5, 0.6) is 5.88 Å². The van der Waals surface area contributed by atoms with Gasteiger partial charge in [-0.15, -0.1) is 10.2 Å². The lowest BCUT2D eigenvalue weighted by Gasteiger charge is -2.22. The molecule has 0 saturated heterocycles. The molecule has 1 aromatic heterocycles. The van der Waals surface area contributed by atoms with Gasteiger partial charge in [0.05, 0.1) is 7.11 Å². The summed E-state index contributed by atoms with van der Waals surface area (Å²) < 4.78 is 4.95. The van der Waals surface area contributed by atoms with E-state index in [0.717, 1.165) is 12.1 Å². The largest absolute Gasteiger partial charge is 0.480 e. The van der Waals surface area contributed by atoms with Crippen LogP contribution in [0.3, 0.4) is 0 Å². The van der Waals surface area contributed by atoms with Crippen LogP contribution in [0.1, 0.15) is 23.0 Å². The molecule has 1 aliphatic rings. The van der Waals surface area contributed by atoms with Crippen molar-refractivity contribution in [3.63, 3.8) is 0 Å². The molecule has 1 atom stereocenters. The molecule has 2 heterocycles. The second-order valence-corrected chi connectivity index (χ2v) is 4.82. The van der Waals surface area contributed by atoms with Crippen LogP contribution in [0, 0.1) is 0 Å². The first-order chi connectivity index (χ1) is 9.70. The zero-order valence-electron chi connectivity index (χ0n) is 11.4. The summed E-state index contributed by atoms with van der Waals surface area (Å²) >= 11 is 0. The fourth-order valence-corrected chi connectivity index (χ4v) is 2.54. The zero-order valence-corrected chi connectivity index (χ0v) is 11.4. The SMILES string of the molecule is COc1ccc(C(=O)N2c3ccccc3CC2C)nn1. The number of methoxy groups -OCH3 is 1. The average Bonchev–Trinajstić information content (AvgIpc) is 2.82. The number of aromatic nitrogens is 2. The van der Waals surface area contributed by atoms with Gasteiger partial charge in [-0.3, -0.25) is 4.79 Å². The van der Waals surface area contributed by atoms with E-state index in [1.165, 1.54) is 12.7 Å². The van der Waals surface area contributed by atoms with Gasteiger partial charge in [0.2, 0.25) is 5.88 Å². The number of hydrogen-bond acceptors (Lipinski definition) is 4. The first kappa shape index (κ1) is 12.6. The van der Waals surface area contributed by atoms with Crippen molar-refractivity contribution in [1.82, 2.24) is 10.2 Å². The molecule has 20 heavy (non-hydrogen) atoms. The van der Waals surface area contributed by atoms with Crippen LogP contribution in [0.2, 0.25) is 0 Å². The molecule has 0 aliphatic carbocycles. The summed E-state index contributed by atoms with van der Waals surface area (Å²) in [4.78, 5) is 14.4. The maximum Gasteiger partial charge on any atom is 0.279 e. The Balaban J connectivity index is 1.94. The second kappa shape index (κ2) is 4.92. The minimum Gasteiger partial charge on any atom is -0.480 e. The third-order valence-corrected chi connectivity index (χ3v) is 3.49. The quantitative estimate of drug-likeness (QED) is 0.837. The number of benzene rings is 1. The highest BCUT2D eigenvalue weighted by molar-refractivity contribution is 6.06. The van der Waals surface area contributed by atoms with Crippen molar-refractivity contribution < 1.29 is 9.53 Å². The number of anilines is 1. The smallest absolute Gasteiger partial charge is 0.279 e. The number of rotatable bonds is 2. The molecule has 0 spiro atoms. The van der Waals surface area contributed by atoms with E-state index < -0.39 is 0 Å². The molecule has 102 valence electrons. The van der Waals surface area contributed by atoms with Crippen LogP contribution in [0.25, 0.3) is 0 Å². The molecule has 0 bridgehead atoms. The van der Waals surface area contributed by atoms with Gasteiger partial charge < -0.3 is 9.64 Å². The maximum absolute atomic E-state index is 12.6. The van der Waals surface area contributed by atoms with E-state index in [-0.39, 0.29) is 11.9 Å². The van der Waals surface area contributed by atoms with E-state index in [2.05, 4.69) is 16.3 Å². The van der Waals surface area contributed by atoms with Crippen LogP contribution in [0.4, 0.5) is 5.69 Å². The van der Waals surface area contributed by atoms with Gasteiger partial charge in [-0.1, -0.05) is 18.2 Å². The van der Waals surface area contributed by atoms with Crippen molar-refractivity contribution >= 4 is 11.6 Å². The number of nitrogens with zero attached hydrogens (tertiary/aromatic N) is 3. The van der Waals surface area contributed by atoms with Gasteiger partial charge in [0.15, 0.2) is 5.69 Å². The first-order valence-electron chi connectivity index (χ1n) is 6.50. The van der Waals surface area contributed by atoms with Crippen LogP contribution in [0.15, 0.2) is 36.4 Å². The van der Waals surface area contributed by atoms with E-state index in [0.29, 0.717) is 11.6 Å². The van der Waals surface area contributed by atoms with Crippen LogP contribution in [-0.4, -0.2) is 29.3 Å². The van der Waals surface area contributed by atoms with Crippen molar-refractivity contribution in [3.05, 3.63) is 47.7 Å². The predicted octanol–water partition coefficient (Wildman–Crippen LogP) is 2.08. The van der Waals surface area contributed by atoms with Crippen LogP contribution < -0.4 is 9.64 Å². The molecule has 0 radical (unpaired) electrons. The Labute approximate surface area is 117 Å². The van der Waals surface area contributed by atoms with E-state index >= 15 is 0 Å². The number of ether oxygens (including phenoxy) is 1. The van der Waals surface area contributed by atoms with Gasteiger partial charge in [0.1, 0.15) is 0 Å². The van der Waals surface area contributed by atoms with E-state index in [1.807, 2.05) is 25.1 Å². The van der Waals surface area contributed by atoms with Crippen molar-refractivity contribution in [3.8, 4) is 5.88 Å². The van der Waals surface area contributed by atoms with Gasteiger partial charge >= 0.3 is 0 Å². The summed E-state index contributed by atoms with van der Waals surface area (Å²) in [7, 11) is 1.52. The summed E-state index contributed by atoms with van der Waals surface area (Å²) in [5, 5.41) is 7.79.